The van der Waals surface area contributed by atoms with E-state index in [0.29, 0.717) is 18.0 Å². The maximum absolute atomic E-state index is 6.25. The highest BCUT2D eigenvalue weighted by atomic mass is 35.5. The third kappa shape index (κ3) is 2.89. The van der Waals surface area contributed by atoms with Gasteiger partial charge in [0.2, 0.25) is 0 Å². The summed E-state index contributed by atoms with van der Waals surface area (Å²) in [6.45, 7) is 2.19. The van der Waals surface area contributed by atoms with Crippen LogP contribution in [-0.2, 0) is 0 Å². The molecule has 1 fully saturated rings. The van der Waals surface area contributed by atoms with Crippen LogP contribution in [0.2, 0.25) is 5.02 Å². The first kappa shape index (κ1) is 13.7. The zero-order chi connectivity index (χ0) is 13.9. The van der Waals surface area contributed by atoms with Crippen LogP contribution in [-0.4, -0.2) is 6.04 Å². The second-order valence-corrected chi connectivity index (χ2v) is 6.09. The Kier molecular flexibility index (Phi) is 4.09. The Balaban J connectivity index is 1.55. The maximum Gasteiger partial charge on any atom is 0.0453 e. The Labute approximate surface area is 126 Å². The van der Waals surface area contributed by atoms with Gasteiger partial charge in [0.05, 0.1) is 0 Å². The molecule has 0 heterocycles. The van der Waals surface area contributed by atoms with Gasteiger partial charge in [-0.15, -0.1) is 0 Å². The van der Waals surface area contributed by atoms with E-state index in [1.165, 1.54) is 24.0 Å². The summed E-state index contributed by atoms with van der Waals surface area (Å²) < 4.78 is 0. The molecule has 0 aromatic heterocycles. The van der Waals surface area contributed by atoms with Crippen molar-refractivity contribution in [2.45, 2.75) is 37.8 Å². The summed E-state index contributed by atoms with van der Waals surface area (Å²) in [7, 11) is 0. The molecule has 1 aliphatic rings. The molecule has 1 aliphatic carbocycles. The summed E-state index contributed by atoms with van der Waals surface area (Å²) in [6, 6.07) is 19.8. The molecule has 2 heteroatoms. The van der Waals surface area contributed by atoms with Crippen molar-refractivity contribution in [3.8, 4) is 0 Å². The topological polar surface area (TPSA) is 12.0 Å². The standard InChI is InChI=1S/C18H20ClN/c1-13(17-9-5-6-10-18(17)19)20-16-11-15(12-16)14-7-3-2-4-8-14/h2-10,13,15-16,20H,11-12H2,1H3. The van der Waals surface area contributed by atoms with Crippen molar-refractivity contribution in [2.75, 3.05) is 0 Å². The van der Waals surface area contributed by atoms with Crippen molar-refractivity contribution >= 4 is 11.6 Å². The highest BCUT2D eigenvalue weighted by molar-refractivity contribution is 6.31. The first-order chi connectivity index (χ1) is 9.74. The monoisotopic (exact) mass is 285 g/mol. The zero-order valence-electron chi connectivity index (χ0n) is 11.7. The second kappa shape index (κ2) is 5.99. The Hall–Kier alpha value is -1.31. The fourth-order valence-corrected chi connectivity index (χ4v) is 3.32. The van der Waals surface area contributed by atoms with E-state index in [1.807, 2.05) is 18.2 Å². The molecule has 104 valence electrons. The molecule has 0 spiro atoms. The van der Waals surface area contributed by atoms with Crippen LogP contribution >= 0.6 is 11.6 Å². The largest absolute Gasteiger partial charge is 0.307 e. The van der Waals surface area contributed by atoms with Gasteiger partial charge in [-0.1, -0.05) is 60.1 Å². The first-order valence-corrected chi connectivity index (χ1v) is 7.67. The minimum atomic E-state index is 0.311. The summed E-state index contributed by atoms with van der Waals surface area (Å²) in [5.41, 5.74) is 2.66. The van der Waals surface area contributed by atoms with Gasteiger partial charge in [0, 0.05) is 17.1 Å². The molecule has 20 heavy (non-hydrogen) atoms. The lowest BCUT2D eigenvalue weighted by molar-refractivity contribution is 0.271. The quantitative estimate of drug-likeness (QED) is 0.839. The Bertz CT molecular complexity index is 561. The summed E-state index contributed by atoms with van der Waals surface area (Å²) in [6.07, 6.45) is 2.44. The third-order valence-electron chi connectivity index (χ3n) is 4.27. The van der Waals surface area contributed by atoms with Crippen molar-refractivity contribution in [3.05, 3.63) is 70.7 Å². The second-order valence-electron chi connectivity index (χ2n) is 5.69. The Morgan fingerprint density at radius 1 is 1.00 bits per heavy atom. The lowest BCUT2D eigenvalue weighted by atomic mass is 9.75. The Morgan fingerprint density at radius 3 is 2.35 bits per heavy atom. The number of rotatable bonds is 4. The van der Waals surface area contributed by atoms with Crippen LogP contribution in [0.15, 0.2) is 54.6 Å². The minimum Gasteiger partial charge on any atom is -0.307 e. The Morgan fingerprint density at radius 2 is 1.65 bits per heavy atom. The molecule has 2 aromatic carbocycles. The summed E-state index contributed by atoms with van der Waals surface area (Å²) in [5, 5.41) is 4.54. The van der Waals surface area contributed by atoms with E-state index in [2.05, 4.69) is 48.6 Å². The van der Waals surface area contributed by atoms with Crippen LogP contribution in [0.3, 0.4) is 0 Å². The molecule has 1 nitrogen and oxygen atoms in total. The highest BCUT2D eigenvalue weighted by Crippen LogP contribution is 2.38. The lowest BCUT2D eigenvalue weighted by Gasteiger charge is -2.38. The van der Waals surface area contributed by atoms with E-state index in [9.17, 15) is 0 Å². The summed E-state index contributed by atoms with van der Waals surface area (Å²) >= 11 is 6.25. The molecule has 0 aliphatic heterocycles. The van der Waals surface area contributed by atoms with Crippen molar-refractivity contribution in [2.24, 2.45) is 0 Å². The van der Waals surface area contributed by atoms with E-state index in [0.717, 1.165) is 5.02 Å². The van der Waals surface area contributed by atoms with Gasteiger partial charge >= 0.3 is 0 Å². The fourth-order valence-electron chi connectivity index (χ4n) is 3.02. The van der Waals surface area contributed by atoms with E-state index >= 15 is 0 Å². The molecule has 2 aromatic rings. The van der Waals surface area contributed by atoms with Gasteiger partial charge < -0.3 is 5.32 Å². The summed E-state index contributed by atoms with van der Waals surface area (Å²) in [4.78, 5) is 0. The molecule has 0 bridgehead atoms. The van der Waals surface area contributed by atoms with E-state index in [-0.39, 0.29) is 0 Å². The number of hydrogen-bond donors (Lipinski definition) is 1. The van der Waals surface area contributed by atoms with E-state index in [1.54, 1.807) is 0 Å². The van der Waals surface area contributed by atoms with Crippen molar-refractivity contribution in [1.82, 2.24) is 5.32 Å². The average Bonchev–Trinajstić information content (AvgIpc) is 2.43. The van der Waals surface area contributed by atoms with Gasteiger partial charge in [0.15, 0.2) is 0 Å². The number of nitrogens with one attached hydrogen (secondary N) is 1. The van der Waals surface area contributed by atoms with Crippen LogP contribution in [0, 0.1) is 0 Å². The van der Waals surface area contributed by atoms with Crippen LogP contribution in [0.4, 0.5) is 0 Å². The molecular formula is C18H20ClN. The number of hydrogen-bond acceptors (Lipinski definition) is 1. The molecule has 1 atom stereocenters. The van der Waals surface area contributed by atoms with Crippen LogP contribution in [0.25, 0.3) is 0 Å². The van der Waals surface area contributed by atoms with Crippen LogP contribution < -0.4 is 5.32 Å². The van der Waals surface area contributed by atoms with Crippen molar-refractivity contribution < 1.29 is 0 Å². The molecule has 3 rings (SSSR count). The highest BCUT2D eigenvalue weighted by Gasteiger charge is 2.31. The molecule has 0 radical (unpaired) electrons. The molecular weight excluding hydrogens is 266 g/mol. The van der Waals surface area contributed by atoms with Crippen LogP contribution in [0.1, 0.15) is 42.9 Å². The number of benzene rings is 2. The maximum atomic E-state index is 6.25. The minimum absolute atomic E-state index is 0.311. The van der Waals surface area contributed by atoms with Gasteiger partial charge in [0.25, 0.3) is 0 Å². The van der Waals surface area contributed by atoms with E-state index in [4.69, 9.17) is 11.6 Å². The van der Waals surface area contributed by atoms with Crippen molar-refractivity contribution in [1.29, 1.82) is 0 Å². The summed E-state index contributed by atoms with van der Waals surface area (Å²) in [5.74, 6) is 0.715. The van der Waals surface area contributed by atoms with Gasteiger partial charge in [-0.05, 0) is 42.9 Å². The van der Waals surface area contributed by atoms with Crippen LogP contribution in [0.5, 0.6) is 0 Å². The molecule has 1 unspecified atom stereocenters. The normalized spacial score (nSPS) is 23.1. The molecule has 0 saturated heterocycles. The van der Waals surface area contributed by atoms with Gasteiger partial charge in [-0.3, -0.25) is 0 Å². The predicted molar refractivity (Wildman–Crippen MR) is 85.2 cm³/mol. The fraction of sp³-hybridized carbons (Fsp3) is 0.333. The van der Waals surface area contributed by atoms with Crippen molar-refractivity contribution in [3.63, 3.8) is 0 Å². The zero-order valence-corrected chi connectivity index (χ0v) is 12.5. The first-order valence-electron chi connectivity index (χ1n) is 7.29. The number of halogens is 1. The van der Waals surface area contributed by atoms with Gasteiger partial charge in [-0.2, -0.15) is 0 Å². The van der Waals surface area contributed by atoms with Gasteiger partial charge in [-0.25, -0.2) is 0 Å². The average molecular weight is 286 g/mol. The predicted octanol–water partition coefficient (Wildman–Crippen LogP) is 4.94. The SMILES string of the molecule is CC(NC1CC(c2ccccc2)C1)c1ccccc1Cl. The molecule has 0 amide bonds. The van der Waals surface area contributed by atoms with Gasteiger partial charge in [0.1, 0.15) is 0 Å². The smallest absolute Gasteiger partial charge is 0.0453 e. The molecule has 1 saturated carbocycles. The molecule has 1 N–H and O–H groups in total. The van der Waals surface area contributed by atoms with E-state index < -0.39 is 0 Å². The third-order valence-corrected chi connectivity index (χ3v) is 4.61. The lowest BCUT2D eigenvalue weighted by Crippen LogP contribution is -2.41.